The highest BCUT2D eigenvalue weighted by Gasteiger charge is 2.38. The second-order valence-corrected chi connectivity index (χ2v) is 7.21. The van der Waals surface area contributed by atoms with E-state index >= 15 is 0 Å². The van der Waals surface area contributed by atoms with E-state index in [1.807, 2.05) is 11.8 Å². The number of hydrogen-bond donors (Lipinski definition) is 1. The van der Waals surface area contributed by atoms with Crippen LogP contribution in [0.25, 0.3) is 0 Å². The predicted octanol–water partition coefficient (Wildman–Crippen LogP) is 4.71. The molecule has 3 heteroatoms. The average Bonchev–Trinajstić information content (AvgIpc) is 2.86. The van der Waals surface area contributed by atoms with Crippen LogP contribution in [0.2, 0.25) is 0 Å². The third-order valence-corrected chi connectivity index (χ3v) is 5.81. The number of aryl methyl sites for hydroxylation is 1. The number of anilines is 1. The van der Waals surface area contributed by atoms with Crippen molar-refractivity contribution < 1.29 is 0 Å². The van der Waals surface area contributed by atoms with Crippen LogP contribution < -0.4 is 5.32 Å². The maximum absolute atomic E-state index is 5.05. The van der Waals surface area contributed by atoms with E-state index in [2.05, 4.69) is 43.4 Å². The fourth-order valence-corrected chi connectivity index (χ4v) is 4.37. The van der Waals surface area contributed by atoms with Gasteiger partial charge >= 0.3 is 0 Å². The molecule has 0 saturated heterocycles. The van der Waals surface area contributed by atoms with Crippen LogP contribution in [0.15, 0.2) is 29.3 Å². The van der Waals surface area contributed by atoms with Crippen molar-refractivity contribution in [2.75, 3.05) is 11.1 Å². The monoisotopic (exact) mass is 288 g/mol. The van der Waals surface area contributed by atoms with E-state index < -0.39 is 0 Å². The molecule has 1 spiro atoms. The van der Waals surface area contributed by atoms with Crippen LogP contribution in [-0.2, 0) is 6.42 Å². The first-order chi connectivity index (χ1) is 9.71. The summed E-state index contributed by atoms with van der Waals surface area (Å²) in [5.74, 6) is 2.05. The molecule has 1 fully saturated rings. The normalized spacial score (nSPS) is 29.5. The molecule has 0 bridgehead atoms. The number of hydrogen-bond acceptors (Lipinski definition) is 3. The minimum absolute atomic E-state index is 0.237. The molecule has 108 valence electrons. The number of aliphatic imine (C=N–C) groups is 1. The van der Waals surface area contributed by atoms with E-state index in [9.17, 15) is 0 Å². The molecule has 1 heterocycles. The summed E-state index contributed by atoms with van der Waals surface area (Å²) in [6, 6.07) is 8.56. The van der Waals surface area contributed by atoms with Gasteiger partial charge in [0.05, 0.1) is 5.54 Å². The predicted molar refractivity (Wildman–Crippen MR) is 89.7 cm³/mol. The van der Waals surface area contributed by atoms with Crippen LogP contribution in [0.4, 0.5) is 5.69 Å². The lowest BCUT2D eigenvalue weighted by molar-refractivity contribution is 0.273. The molecule has 0 amide bonds. The van der Waals surface area contributed by atoms with E-state index in [0.29, 0.717) is 0 Å². The van der Waals surface area contributed by atoms with Gasteiger partial charge in [-0.15, -0.1) is 0 Å². The Morgan fingerprint density at radius 3 is 2.80 bits per heavy atom. The van der Waals surface area contributed by atoms with Crippen molar-refractivity contribution in [2.24, 2.45) is 10.9 Å². The maximum atomic E-state index is 5.05. The highest BCUT2D eigenvalue weighted by atomic mass is 32.2. The summed E-state index contributed by atoms with van der Waals surface area (Å²) < 4.78 is 0. The SMILES string of the molecule is CCc1ccccc1NC1=NC2(CCC(C)CC2)CS1. The van der Waals surface area contributed by atoms with Gasteiger partial charge in [-0.05, 0) is 49.7 Å². The Bertz CT molecular complexity index is 501. The van der Waals surface area contributed by atoms with Gasteiger partial charge in [-0.1, -0.05) is 43.8 Å². The number of amidine groups is 1. The van der Waals surface area contributed by atoms with E-state index in [1.54, 1.807) is 0 Å². The molecule has 1 aliphatic carbocycles. The first-order valence-corrected chi connectivity index (χ1v) is 8.77. The lowest BCUT2D eigenvalue weighted by Crippen LogP contribution is -2.32. The van der Waals surface area contributed by atoms with Crippen LogP contribution >= 0.6 is 11.8 Å². The quantitative estimate of drug-likeness (QED) is 0.852. The van der Waals surface area contributed by atoms with Crippen molar-refractivity contribution in [2.45, 2.75) is 51.5 Å². The van der Waals surface area contributed by atoms with Crippen molar-refractivity contribution in [1.29, 1.82) is 0 Å². The Morgan fingerprint density at radius 2 is 2.05 bits per heavy atom. The topological polar surface area (TPSA) is 24.4 Å². The zero-order chi connectivity index (χ0) is 14.0. The number of benzene rings is 1. The molecule has 1 N–H and O–H groups in total. The molecule has 3 rings (SSSR count). The molecular weight excluding hydrogens is 264 g/mol. The van der Waals surface area contributed by atoms with Crippen molar-refractivity contribution in [3.8, 4) is 0 Å². The molecule has 0 unspecified atom stereocenters. The lowest BCUT2D eigenvalue weighted by Gasteiger charge is -2.32. The van der Waals surface area contributed by atoms with Gasteiger partial charge in [-0.2, -0.15) is 0 Å². The lowest BCUT2D eigenvalue weighted by atomic mass is 9.79. The standard InChI is InChI=1S/C17H24N2S/c1-3-14-6-4-5-7-15(14)18-16-19-17(12-20-16)10-8-13(2)9-11-17/h4-7,13H,3,8-12H2,1-2H3,(H,18,19). The van der Waals surface area contributed by atoms with E-state index in [1.165, 1.54) is 36.9 Å². The van der Waals surface area contributed by atoms with Crippen LogP contribution in [-0.4, -0.2) is 16.5 Å². The van der Waals surface area contributed by atoms with Crippen LogP contribution in [0.1, 0.15) is 45.1 Å². The number of rotatable bonds is 2. The van der Waals surface area contributed by atoms with Gasteiger partial charge in [-0.3, -0.25) is 4.99 Å². The van der Waals surface area contributed by atoms with E-state index in [-0.39, 0.29) is 5.54 Å². The highest BCUT2D eigenvalue weighted by molar-refractivity contribution is 8.14. The summed E-state index contributed by atoms with van der Waals surface area (Å²) in [6.07, 6.45) is 6.26. The highest BCUT2D eigenvalue weighted by Crippen LogP contribution is 2.41. The van der Waals surface area contributed by atoms with Crippen LogP contribution in [0, 0.1) is 5.92 Å². The molecule has 1 aromatic carbocycles. The van der Waals surface area contributed by atoms with Gasteiger partial charge in [-0.25, -0.2) is 0 Å². The van der Waals surface area contributed by atoms with Crippen molar-refractivity contribution >= 4 is 22.6 Å². The third kappa shape index (κ3) is 2.88. The molecule has 2 nitrogen and oxygen atoms in total. The van der Waals surface area contributed by atoms with Gasteiger partial charge in [0, 0.05) is 11.4 Å². The number of thioether (sulfide) groups is 1. The summed E-state index contributed by atoms with van der Waals surface area (Å²) in [4.78, 5) is 5.05. The summed E-state index contributed by atoms with van der Waals surface area (Å²) in [5, 5.41) is 4.68. The molecule has 0 aromatic heterocycles. The zero-order valence-electron chi connectivity index (χ0n) is 12.5. The molecular formula is C17H24N2S. The van der Waals surface area contributed by atoms with Crippen molar-refractivity contribution in [1.82, 2.24) is 0 Å². The van der Waals surface area contributed by atoms with Gasteiger partial charge in [0.25, 0.3) is 0 Å². The molecule has 2 aliphatic rings. The Morgan fingerprint density at radius 1 is 1.30 bits per heavy atom. The van der Waals surface area contributed by atoms with Gasteiger partial charge in [0.2, 0.25) is 0 Å². The van der Waals surface area contributed by atoms with Crippen molar-refractivity contribution in [3.05, 3.63) is 29.8 Å². The minimum Gasteiger partial charge on any atom is -0.335 e. The number of para-hydroxylation sites is 1. The second-order valence-electron chi connectivity index (χ2n) is 6.25. The molecule has 20 heavy (non-hydrogen) atoms. The Balaban J connectivity index is 1.72. The summed E-state index contributed by atoms with van der Waals surface area (Å²) in [5.41, 5.74) is 2.83. The summed E-state index contributed by atoms with van der Waals surface area (Å²) >= 11 is 1.90. The number of nitrogens with one attached hydrogen (secondary N) is 1. The molecule has 1 aliphatic heterocycles. The average molecular weight is 288 g/mol. The maximum Gasteiger partial charge on any atom is 0.161 e. The van der Waals surface area contributed by atoms with Crippen LogP contribution in [0.3, 0.4) is 0 Å². The van der Waals surface area contributed by atoms with E-state index in [4.69, 9.17) is 4.99 Å². The molecule has 1 aromatic rings. The van der Waals surface area contributed by atoms with Gasteiger partial charge in [0.1, 0.15) is 0 Å². The van der Waals surface area contributed by atoms with E-state index in [0.717, 1.165) is 23.3 Å². The summed E-state index contributed by atoms with van der Waals surface area (Å²) in [6.45, 7) is 4.57. The molecule has 0 radical (unpaired) electrons. The number of nitrogens with zero attached hydrogens (tertiary/aromatic N) is 1. The summed E-state index contributed by atoms with van der Waals surface area (Å²) in [7, 11) is 0. The fourth-order valence-electron chi connectivity index (χ4n) is 3.17. The van der Waals surface area contributed by atoms with Gasteiger partial charge < -0.3 is 5.32 Å². The minimum atomic E-state index is 0.237. The largest absolute Gasteiger partial charge is 0.335 e. The Labute approximate surface area is 126 Å². The third-order valence-electron chi connectivity index (χ3n) is 4.66. The zero-order valence-corrected chi connectivity index (χ0v) is 13.3. The first-order valence-electron chi connectivity index (χ1n) is 7.78. The van der Waals surface area contributed by atoms with Crippen LogP contribution in [0.5, 0.6) is 0 Å². The van der Waals surface area contributed by atoms with Crippen molar-refractivity contribution in [3.63, 3.8) is 0 Å². The first kappa shape index (κ1) is 14.0. The second kappa shape index (κ2) is 5.80. The Kier molecular flexibility index (Phi) is 4.06. The molecule has 1 saturated carbocycles. The smallest absolute Gasteiger partial charge is 0.161 e. The Hall–Kier alpha value is -0.960. The molecule has 0 atom stereocenters. The fraction of sp³-hybridized carbons (Fsp3) is 0.588. The van der Waals surface area contributed by atoms with Gasteiger partial charge in [0.15, 0.2) is 5.17 Å².